The van der Waals surface area contributed by atoms with Gasteiger partial charge in [0.15, 0.2) is 5.76 Å². The molecule has 8 heteroatoms. The number of aromatic nitrogens is 1. The zero-order valence-electron chi connectivity index (χ0n) is 15.4. The van der Waals surface area contributed by atoms with Gasteiger partial charge >= 0.3 is 0 Å². The summed E-state index contributed by atoms with van der Waals surface area (Å²) >= 11 is 0. The van der Waals surface area contributed by atoms with E-state index in [4.69, 9.17) is 9.26 Å². The quantitative estimate of drug-likeness (QED) is 0.793. The molecule has 1 fully saturated rings. The van der Waals surface area contributed by atoms with Gasteiger partial charge in [0.1, 0.15) is 16.3 Å². The average molecular weight is 379 g/mol. The summed E-state index contributed by atoms with van der Waals surface area (Å²) in [6.45, 7) is 6.61. The number of nitrogens with zero attached hydrogens (tertiary/aromatic N) is 3. The van der Waals surface area contributed by atoms with E-state index in [0.29, 0.717) is 31.1 Å². The first-order valence-corrected chi connectivity index (χ1v) is 10.1. The Balaban J connectivity index is 1.68. The van der Waals surface area contributed by atoms with Gasteiger partial charge in [-0.15, -0.1) is 0 Å². The van der Waals surface area contributed by atoms with Crippen molar-refractivity contribution in [1.82, 2.24) is 14.4 Å². The highest BCUT2D eigenvalue weighted by atomic mass is 32.2. The Morgan fingerprint density at radius 1 is 1.12 bits per heavy atom. The number of rotatable bonds is 5. The van der Waals surface area contributed by atoms with Crippen LogP contribution in [0.25, 0.3) is 0 Å². The minimum absolute atomic E-state index is 0.209. The molecule has 0 aliphatic carbocycles. The third kappa shape index (κ3) is 3.92. The van der Waals surface area contributed by atoms with Crippen molar-refractivity contribution >= 4 is 10.0 Å². The fourth-order valence-corrected chi connectivity index (χ4v) is 5.07. The molecule has 26 heavy (non-hydrogen) atoms. The third-order valence-electron chi connectivity index (χ3n) is 4.68. The van der Waals surface area contributed by atoms with Crippen LogP contribution in [0.4, 0.5) is 0 Å². The highest BCUT2D eigenvalue weighted by Crippen LogP contribution is 2.24. The standard InChI is InChI=1S/C18H25N3O4S/c1-14-18(15(2)25-19-14)26(22,23)21-10-4-9-20(11-12-21)13-16-5-7-17(24-3)8-6-16/h5-8H,4,9-13H2,1-3H3. The molecule has 7 nitrogen and oxygen atoms in total. The van der Waals surface area contributed by atoms with Crippen LogP contribution in [0.15, 0.2) is 33.7 Å². The first-order chi connectivity index (χ1) is 12.4. The second-order valence-corrected chi connectivity index (χ2v) is 8.41. The zero-order valence-corrected chi connectivity index (χ0v) is 16.3. The number of hydrogen-bond donors (Lipinski definition) is 0. The summed E-state index contributed by atoms with van der Waals surface area (Å²) < 4.78 is 37.7. The molecule has 2 aromatic rings. The van der Waals surface area contributed by atoms with Crippen LogP contribution < -0.4 is 4.74 Å². The molecule has 0 spiro atoms. The topological polar surface area (TPSA) is 75.9 Å². The molecule has 1 aromatic heterocycles. The number of ether oxygens (including phenoxy) is 1. The summed E-state index contributed by atoms with van der Waals surface area (Å²) in [7, 11) is -1.92. The van der Waals surface area contributed by atoms with Crippen LogP contribution in [0, 0.1) is 13.8 Å². The molecule has 2 heterocycles. The lowest BCUT2D eigenvalue weighted by atomic mass is 10.2. The van der Waals surface area contributed by atoms with Crippen molar-refractivity contribution in [2.24, 2.45) is 0 Å². The summed E-state index contributed by atoms with van der Waals surface area (Å²) in [5.41, 5.74) is 1.61. The maximum atomic E-state index is 13.0. The third-order valence-corrected chi connectivity index (χ3v) is 6.82. The van der Waals surface area contributed by atoms with Crippen molar-refractivity contribution < 1.29 is 17.7 Å². The Bertz CT molecular complexity index is 826. The fraction of sp³-hybridized carbons (Fsp3) is 0.500. The van der Waals surface area contributed by atoms with Crippen molar-refractivity contribution in [2.45, 2.75) is 31.7 Å². The minimum Gasteiger partial charge on any atom is -0.497 e. The first-order valence-electron chi connectivity index (χ1n) is 8.70. The van der Waals surface area contributed by atoms with Crippen molar-refractivity contribution in [1.29, 1.82) is 0 Å². The van der Waals surface area contributed by atoms with Gasteiger partial charge < -0.3 is 9.26 Å². The second-order valence-electron chi connectivity index (χ2n) is 6.54. The number of methoxy groups -OCH3 is 1. The molecule has 0 unspecified atom stereocenters. The summed E-state index contributed by atoms with van der Waals surface area (Å²) in [4.78, 5) is 2.49. The largest absolute Gasteiger partial charge is 0.497 e. The van der Waals surface area contributed by atoms with Gasteiger partial charge in [0, 0.05) is 26.2 Å². The molecule has 1 aliphatic rings. The number of benzene rings is 1. The van der Waals surface area contributed by atoms with Gasteiger partial charge in [-0.1, -0.05) is 17.3 Å². The molecule has 1 aliphatic heterocycles. The van der Waals surface area contributed by atoms with Crippen molar-refractivity contribution in [3.63, 3.8) is 0 Å². The Hall–Kier alpha value is -1.90. The van der Waals surface area contributed by atoms with Gasteiger partial charge in [-0.05, 0) is 44.5 Å². The van der Waals surface area contributed by atoms with Crippen LogP contribution in [0.2, 0.25) is 0 Å². The molecule has 0 saturated carbocycles. The van der Waals surface area contributed by atoms with E-state index in [-0.39, 0.29) is 4.90 Å². The smallest absolute Gasteiger partial charge is 0.248 e. The first kappa shape index (κ1) is 18.9. The lowest BCUT2D eigenvalue weighted by Crippen LogP contribution is -2.35. The monoisotopic (exact) mass is 379 g/mol. The SMILES string of the molecule is COc1ccc(CN2CCCN(S(=O)(=O)c3c(C)noc3C)CC2)cc1. The van der Waals surface area contributed by atoms with E-state index in [2.05, 4.69) is 10.1 Å². The second kappa shape index (κ2) is 7.77. The van der Waals surface area contributed by atoms with E-state index in [9.17, 15) is 8.42 Å². The van der Waals surface area contributed by atoms with E-state index in [1.54, 1.807) is 25.3 Å². The lowest BCUT2D eigenvalue weighted by Gasteiger charge is -2.21. The van der Waals surface area contributed by atoms with E-state index in [0.717, 1.165) is 25.3 Å². The molecule has 142 valence electrons. The Morgan fingerprint density at radius 2 is 1.85 bits per heavy atom. The summed E-state index contributed by atoms with van der Waals surface area (Å²) in [6.07, 6.45) is 0.790. The van der Waals surface area contributed by atoms with E-state index in [1.165, 1.54) is 5.56 Å². The lowest BCUT2D eigenvalue weighted by molar-refractivity contribution is 0.278. The average Bonchev–Trinajstić information content (AvgIpc) is 2.82. The van der Waals surface area contributed by atoms with E-state index < -0.39 is 10.0 Å². The molecular weight excluding hydrogens is 354 g/mol. The summed E-state index contributed by atoms with van der Waals surface area (Å²) in [6, 6.07) is 7.98. The van der Waals surface area contributed by atoms with Crippen molar-refractivity contribution in [2.75, 3.05) is 33.3 Å². The molecule has 0 amide bonds. The van der Waals surface area contributed by atoms with E-state index in [1.807, 2.05) is 24.3 Å². The van der Waals surface area contributed by atoms with Crippen LogP contribution >= 0.6 is 0 Å². The summed E-state index contributed by atoms with van der Waals surface area (Å²) in [5.74, 6) is 1.18. The molecular formula is C18H25N3O4S. The van der Waals surface area contributed by atoms with Crippen LogP contribution in [0.3, 0.4) is 0 Å². The molecule has 1 aromatic carbocycles. The van der Waals surface area contributed by atoms with Crippen LogP contribution in [0.5, 0.6) is 5.75 Å². The van der Waals surface area contributed by atoms with Gasteiger partial charge in [0.25, 0.3) is 0 Å². The van der Waals surface area contributed by atoms with E-state index >= 15 is 0 Å². The van der Waals surface area contributed by atoms with Gasteiger partial charge in [-0.25, -0.2) is 8.42 Å². The maximum Gasteiger partial charge on any atom is 0.248 e. The molecule has 0 radical (unpaired) electrons. The molecule has 0 atom stereocenters. The van der Waals surface area contributed by atoms with Gasteiger partial charge in [-0.3, -0.25) is 4.90 Å². The Morgan fingerprint density at radius 3 is 2.46 bits per heavy atom. The number of sulfonamides is 1. The van der Waals surface area contributed by atoms with Crippen LogP contribution in [-0.4, -0.2) is 56.1 Å². The Labute approximate surface area is 154 Å². The van der Waals surface area contributed by atoms with Crippen LogP contribution in [-0.2, 0) is 16.6 Å². The molecule has 0 bridgehead atoms. The highest BCUT2D eigenvalue weighted by molar-refractivity contribution is 7.89. The molecule has 0 N–H and O–H groups in total. The van der Waals surface area contributed by atoms with Gasteiger partial charge in [0.2, 0.25) is 10.0 Å². The van der Waals surface area contributed by atoms with Gasteiger partial charge in [0.05, 0.1) is 7.11 Å². The zero-order chi connectivity index (χ0) is 18.7. The highest BCUT2D eigenvalue weighted by Gasteiger charge is 2.32. The predicted octanol–water partition coefficient (Wildman–Crippen LogP) is 2.20. The van der Waals surface area contributed by atoms with Crippen LogP contribution in [0.1, 0.15) is 23.4 Å². The number of hydrogen-bond acceptors (Lipinski definition) is 6. The minimum atomic E-state index is -3.57. The molecule has 3 rings (SSSR count). The maximum absolute atomic E-state index is 13.0. The Kier molecular flexibility index (Phi) is 5.64. The van der Waals surface area contributed by atoms with Gasteiger partial charge in [-0.2, -0.15) is 4.31 Å². The normalized spacial score (nSPS) is 17.2. The van der Waals surface area contributed by atoms with Crippen molar-refractivity contribution in [3.8, 4) is 5.75 Å². The number of aryl methyl sites for hydroxylation is 2. The summed E-state index contributed by atoms with van der Waals surface area (Å²) in [5, 5.41) is 3.78. The predicted molar refractivity (Wildman–Crippen MR) is 97.6 cm³/mol. The molecule has 1 saturated heterocycles. The fourth-order valence-electron chi connectivity index (χ4n) is 3.31. The van der Waals surface area contributed by atoms with Crippen molar-refractivity contribution in [3.05, 3.63) is 41.3 Å².